The lowest BCUT2D eigenvalue weighted by Gasteiger charge is -2.23. The second-order valence-electron chi connectivity index (χ2n) is 8.21. The molecule has 0 aromatic heterocycles. The van der Waals surface area contributed by atoms with Crippen LogP contribution in [0.25, 0.3) is 11.1 Å². The number of sulfonamides is 1. The molecule has 4 rings (SSSR count). The summed E-state index contributed by atoms with van der Waals surface area (Å²) >= 11 is 3.46. The van der Waals surface area contributed by atoms with E-state index in [1.54, 1.807) is 48.5 Å². The van der Waals surface area contributed by atoms with Gasteiger partial charge in [-0.1, -0.05) is 82.7 Å². The highest BCUT2D eigenvalue weighted by Crippen LogP contribution is 2.26. The fourth-order valence-electron chi connectivity index (χ4n) is 3.72. The molecule has 0 fully saturated rings. The van der Waals surface area contributed by atoms with Crippen LogP contribution in [0.2, 0.25) is 0 Å². The molecule has 0 heterocycles. The molecule has 4 aromatic carbocycles. The van der Waals surface area contributed by atoms with Crippen LogP contribution in [0, 0.1) is 0 Å². The summed E-state index contributed by atoms with van der Waals surface area (Å²) in [5.41, 5.74) is 3.32. The van der Waals surface area contributed by atoms with Gasteiger partial charge in [0.1, 0.15) is 0 Å². The van der Waals surface area contributed by atoms with Crippen LogP contribution < -0.4 is 0 Å². The highest BCUT2D eigenvalue weighted by Gasteiger charge is 2.25. The first-order valence-corrected chi connectivity index (χ1v) is 14.9. The molecule has 0 unspecified atom stereocenters. The number of nitrogens with zero attached hydrogens (tertiary/aromatic N) is 1. The van der Waals surface area contributed by atoms with Gasteiger partial charge in [0.15, 0.2) is 9.84 Å². The third kappa shape index (κ3) is 6.27. The Kier molecular flexibility index (Phi) is 7.56. The average molecular weight is 571 g/mol. The van der Waals surface area contributed by atoms with Crippen molar-refractivity contribution in [3.8, 4) is 11.1 Å². The van der Waals surface area contributed by atoms with Gasteiger partial charge in [-0.25, -0.2) is 16.8 Å². The minimum absolute atomic E-state index is 0.188. The molecule has 0 spiro atoms. The minimum atomic E-state index is -3.74. The molecule has 180 valence electrons. The molecule has 0 radical (unpaired) electrons. The Labute approximate surface area is 215 Å². The molecule has 0 bridgehead atoms. The summed E-state index contributed by atoms with van der Waals surface area (Å²) in [7, 11) is -7.05. The molecule has 0 aliphatic heterocycles. The van der Waals surface area contributed by atoms with Gasteiger partial charge < -0.3 is 0 Å². The maximum atomic E-state index is 13.5. The van der Waals surface area contributed by atoms with Crippen LogP contribution in [0.5, 0.6) is 0 Å². The Hall–Kier alpha value is -2.78. The Bertz CT molecular complexity index is 1540. The summed E-state index contributed by atoms with van der Waals surface area (Å²) in [6, 6.07) is 30.3. The monoisotopic (exact) mass is 569 g/mol. The first-order valence-electron chi connectivity index (χ1n) is 10.8. The van der Waals surface area contributed by atoms with E-state index in [1.165, 1.54) is 10.6 Å². The number of hydrogen-bond donors (Lipinski definition) is 0. The van der Waals surface area contributed by atoms with Crippen molar-refractivity contribution in [2.24, 2.45) is 0 Å². The van der Waals surface area contributed by atoms with E-state index < -0.39 is 19.9 Å². The molecule has 8 heteroatoms. The largest absolute Gasteiger partial charge is 0.243 e. The van der Waals surface area contributed by atoms with Crippen LogP contribution in [-0.2, 0) is 33.0 Å². The molecule has 0 aliphatic rings. The van der Waals surface area contributed by atoms with E-state index in [2.05, 4.69) is 15.9 Å². The minimum Gasteiger partial charge on any atom is -0.224 e. The van der Waals surface area contributed by atoms with Crippen molar-refractivity contribution in [3.63, 3.8) is 0 Å². The predicted molar refractivity (Wildman–Crippen MR) is 142 cm³/mol. The summed E-state index contributed by atoms with van der Waals surface area (Å²) < 4.78 is 53.2. The zero-order chi connectivity index (χ0) is 25.1. The summed E-state index contributed by atoms with van der Waals surface area (Å²) in [6.45, 7) is 0.405. The van der Waals surface area contributed by atoms with Gasteiger partial charge in [-0.15, -0.1) is 0 Å². The van der Waals surface area contributed by atoms with Crippen molar-refractivity contribution in [1.82, 2.24) is 4.31 Å². The van der Waals surface area contributed by atoms with Crippen molar-refractivity contribution in [3.05, 3.63) is 119 Å². The van der Waals surface area contributed by atoms with Gasteiger partial charge in [-0.2, -0.15) is 4.31 Å². The molecule has 0 saturated heterocycles. The Morgan fingerprint density at radius 1 is 0.629 bits per heavy atom. The van der Waals surface area contributed by atoms with Gasteiger partial charge >= 0.3 is 0 Å². The summed E-state index contributed by atoms with van der Waals surface area (Å²) in [5.74, 6) is 0. The van der Waals surface area contributed by atoms with Gasteiger partial charge in [0.2, 0.25) is 10.0 Å². The first kappa shape index (κ1) is 25.3. The summed E-state index contributed by atoms with van der Waals surface area (Å²) in [6.07, 6.45) is 1.18. The van der Waals surface area contributed by atoms with E-state index in [-0.39, 0.29) is 22.9 Å². The standard InChI is InChI=1S/C27H24BrNO4S2/c1-34(30,31)27-12-6-8-24(18-27)23-15-13-21(14-16-23)19-29(20-22-7-5-9-25(28)17-22)35(32,33)26-10-3-2-4-11-26/h2-18H,19-20H2,1H3. The fraction of sp³-hybridized carbons (Fsp3) is 0.111. The molecule has 4 aromatic rings. The second-order valence-corrected chi connectivity index (χ2v) is 13.1. The lowest BCUT2D eigenvalue weighted by Crippen LogP contribution is -2.30. The normalized spacial score (nSPS) is 12.1. The molecule has 0 saturated carbocycles. The SMILES string of the molecule is CS(=O)(=O)c1cccc(-c2ccc(CN(Cc3cccc(Br)c3)S(=O)(=O)c3ccccc3)cc2)c1. The number of rotatable bonds is 8. The zero-order valence-electron chi connectivity index (χ0n) is 19.0. The van der Waals surface area contributed by atoms with Gasteiger partial charge in [-0.3, -0.25) is 0 Å². The van der Waals surface area contributed by atoms with Crippen LogP contribution in [-0.4, -0.2) is 27.4 Å². The van der Waals surface area contributed by atoms with E-state index in [0.29, 0.717) is 0 Å². The van der Waals surface area contributed by atoms with Crippen molar-refractivity contribution in [1.29, 1.82) is 0 Å². The smallest absolute Gasteiger partial charge is 0.224 e. The number of halogens is 1. The van der Waals surface area contributed by atoms with E-state index in [4.69, 9.17) is 0 Å². The first-order chi connectivity index (χ1) is 16.6. The lowest BCUT2D eigenvalue weighted by atomic mass is 10.0. The zero-order valence-corrected chi connectivity index (χ0v) is 22.2. The molecule has 35 heavy (non-hydrogen) atoms. The average Bonchev–Trinajstić information content (AvgIpc) is 2.84. The van der Waals surface area contributed by atoms with Gasteiger partial charge in [-0.05, 0) is 58.7 Å². The van der Waals surface area contributed by atoms with E-state index in [0.717, 1.165) is 26.7 Å². The van der Waals surface area contributed by atoms with Crippen LogP contribution in [0.1, 0.15) is 11.1 Å². The maximum absolute atomic E-state index is 13.5. The van der Waals surface area contributed by atoms with E-state index in [1.807, 2.05) is 54.6 Å². The molecular weight excluding hydrogens is 546 g/mol. The highest BCUT2D eigenvalue weighted by molar-refractivity contribution is 9.10. The molecule has 0 aliphatic carbocycles. The Balaban J connectivity index is 1.64. The van der Waals surface area contributed by atoms with Crippen molar-refractivity contribution in [2.75, 3.05) is 6.26 Å². The topological polar surface area (TPSA) is 71.5 Å². The second kappa shape index (κ2) is 10.5. The summed E-state index contributed by atoms with van der Waals surface area (Å²) in [5, 5.41) is 0. The third-order valence-electron chi connectivity index (χ3n) is 5.54. The van der Waals surface area contributed by atoms with Gasteiger partial charge in [0, 0.05) is 23.8 Å². The highest BCUT2D eigenvalue weighted by atomic mass is 79.9. The number of sulfone groups is 1. The number of benzene rings is 4. The van der Waals surface area contributed by atoms with Gasteiger partial charge in [0.05, 0.1) is 9.79 Å². The van der Waals surface area contributed by atoms with E-state index in [9.17, 15) is 16.8 Å². The third-order valence-corrected chi connectivity index (χ3v) is 8.95. The Morgan fingerprint density at radius 3 is 1.91 bits per heavy atom. The van der Waals surface area contributed by atoms with E-state index >= 15 is 0 Å². The number of hydrogen-bond acceptors (Lipinski definition) is 4. The summed E-state index contributed by atoms with van der Waals surface area (Å²) in [4.78, 5) is 0.498. The van der Waals surface area contributed by atoms with Gasteiger partial charge in [0.25, 0.3) is 0 Å². The molecule has 0 N–H and O–H groups in total. The van der Waals surface area contributed by atoms with Crippen molar-refractivity contribution < 1.29 is 16.8 Å². The van der Waals surface area contributed by atoms with Crippen molar-refractivity contribution >= 4 is 35.8 Å². The predicted octanol–water partition coefficient (Wildman–Crippen LogP) is 5.91. The molecule has 0 amide bonds. The Morgan fingerprint density at radius 2 is 1.26 bits per heavy atom. The van der Waals surface area contributed by atoms with Crippen LogP contribution in [0.15, 0.2) is 117 Å². The van der Waals surface area contributed by atoms with Crippen LogP contribution >= 0.6 is 15.9 Å². The van der Waals surface area contributed by atoms with Crippen LogP contribution in [0.3, 0.4) is 0 Å². The maximum Gasteiger partial charge on any atom is 0.243 e. The molecule has 0 atom stereocenters. The fourth-order valence-corrected chi connectivity index (χ4v) is 6.27. The lowest BCUT2D eigenvalue weighted by molar-refractivity contribution is 0.401. The van der Waals surface area contributed by atoms with Crippen LogP contribution in [0.4, 0.5) is 0 Å². The molecule has 5 nitrogen and oxygen atoms in total. The molecular formula is C27H24BrNO4S2. The quantitative estimate of drug-likeness (QED) is 0.264. The van der Waals surface area contributed by atoms with Crippen molar-refractivity contribution in [2.45, 2.75) is 22.9 Å².